The third-order valence-electron chi connectivity index (χ3n) is 2.53. The van der Waals surface area contributed by atoms with Gasteiger partial charge in [0.15, 0.2) is 0 Å². The van der Waals surface area contributed by atoms with E-state index in [-0.39, 0.29) is 15.6 Å². The van der Waals surface area contributed by atoms with E-state index < -0.39 is 11.7 Å². The van der Waals surface area contributed by atoms with Crippen LogP contribution in [0.4, 0.5) is 13.2 Å². The van der Waals surface area contributed by atoms with E-state index in [0.29, 0.717) is 5.56 Å². The molecule has 0 nitrogen and oxygen atoms in total. The van der Waals surface area contributed by atoms with Crippen molar-refractivity contribution in [2.75, 3.05) is 0 Å². The molecule has 0 aliphatic carbocycles. The van der Waals surface area contributed by atoms with Crippen LogP contribution in [-0.2, 0) is 0 Å². The van der Waals surface area contributed by atoms with E-state index in [0.717, 1.165) is 6.08 Å². The summed E-state index contributed by atoms with van der Waals surface area (Å²) in [5, 5.41) is 0.313. The molecule has 0 aliphatic rings. The lowest BCUT2D eigenvalue weighted by molar-refractivity contribution is -0.0683. The zero-order valence-electron chi connectivity index (χ0n) is 10.0. The third-order valence-corrected chi connectivity index (χ3v) is 2.97. The second kappa shape index (κ2) is 5.90. The fourth-order valence-electron chi connectivity index (χ4n) is 1.70. The van der Waals surface area contributed by atoms with Crippen LogP contribution in [0.15, 0.2) is 42.5 Å². The molecule has 0 bridgehead atoms. The van der Waals surface area contributed by atoms with Crippen molar-refractivity contribution in [2.24, 2.45) is 0 Å². The molecule has 0 unspecified atom stereocenters. The molecule has 0 saturated heterocycles. The van der Waals surface area contributed by atoms with Crippen molar-refractivity contribution < 1.29 is 13.2 Å². The van der Waals surface area contributed by atoms with Crippen LogP contribution in [0.1, 0.15) is 11.1 Å². The molecule has 2 rings (SSSR count). The zero-order chi connectivity index (χ0) is 14.8. The summed E-state index contributed by atoms with van der Waals surface area (Å²) in [6, 6.07) is 12.8. The van der Waals surface area contributed by atoms with Gasteiger partial charge in [0.05, 0.1) is 5.57 Å². The molecule has 0 fully saturated rings. The first-order valence-corrected chi connectivity index (χ1v) is 6.33. The van der Waals surface area contributed by atoms with Crippen LogP contribution < -0.4 is 0 Å². The topological polar surface area (TPSA) is 0 Å². The molecule has 1 radical (unpaired) electrons. The van der Waals surface area contributed by atoms with Gasteiger partial charge in [0.1, 0.15) is 0 Å². The Kier molecular flexibility index (Phi) is 4.41. The summed E-state index contributed by atoms with van der Waals surface area (Å²) in [5.41, 5.74) is -0.442. The fourth-order valence-corrected chi connectivity index (χ4v) is 2.23. The van der Waals surface area contributed by atoms with E-state index in [4.69, 9.17) is 23.2 Å². The number of halogens is 5. The summed E-state index contributed by atoms with van der Waals surface area (Å²) in [6.45, 7) is 0. The first-order valence-electron chi connectivity index (χ1n) is 5.58. The standard InChI is InChI=1S/C15H8Cl2F3/c16-12-7-11(8-13(17)9-12)14(15(18,19)20)6-10-4-2-1-3-5-10/h2-9H. The van der Waals surface area contributed by atoms with Gasteiger partial charge in [0.2, 0.25) is 0 Å². The minimum absolute atomic E-state index is 0.0668. The van der Waals surface area contributed by atoms with Gasteiger partial charge in [-0.05, 0) is 41.5 Å². The molecule has 103 valence electrons. The average Bonchev–Trinajstić information content (AvgIpc) is 2.34. The lowest BCUT2D eigenvalue weighted by Crippen LogP contribution is -2.10. The molecular weight excluding hydrogens is 308 g/mol. The Bertz CT molecular complexity index is 611. The second-order valence-electron chi connectivity index (χ2n) is 4.05. The molecular formula is C15H8Cl2F3. The zero-order valence-corrected chi connectivity index (χ0v) is 11.5. The van der Waals surface area contributed by atoms with E-state index in [1.54, 1.807) is 12.1 Å². The van der Waals surface area contributed by atoms with Gasteiger partial charge in [-0.1, -0.05) is 47.5 Å². The van der Waals surface area contributed by atoms with E-state index in [1.165, 1.54) is 30.3 Å². The first-order chi connectivity index (χ1) is 9.36. The maximum Gasteiger partial charge on any atom is 0.417 e. The Morgan fingerprint density at radius 1 is 1.00 bits per heavy atom. The molecule has 0 aromatic heterocycles. The van der Waals surface area contributed by atoms with E-state index in [2.05, 4.69) is 6.07 Å². The van der Waals surface area contributed by atoms with Crippen LogP contribution in [0.25, 0.3) is 11.6 Å². The van der Waals surface area contributed by atoms with Crippen molar-refractivity contribution in [3.05, 3.63) is 69.7 Å². The maximum absolute atomic E-state index is 13.2. The van der Waals surface area contributed by atoms with Gasteiger partial charge in [0, 0.05) is 10.0 Å². The van der Waals surface area contributed by atoms with E-state index in [1.807, 2.05) is 0 Å². The quantitative estimate of drug-likeness (QED) is 0.605. The van der Waals surface area contributed by atoms with Crippen LogP contribution in [0.5, 0.6) is 0 Å². The molecule has 0 aliphatic heterocycles. The minimum atomic E-state index is -4.51. The van der Waals surface area contributed by atoms with Crippen molar-refractivity contribution >= 4 is 34.9 Å². The van der Waals surface area contributed by atoms with Gasteiger partial charge >= 0.3 is 6.18 Å². The van der Waals surface area contributed by atoms with Gasteiger partial charge in [-0.25, -0.2) is 0 Å². The number of benzene rings is 2. The number of rotatable bonds is 2. The predicted octanol–water partition coefficient (Wildman–Crippen LogP) is 5.90. The number of alkyl halides is 3. The molecule has 0 heterocycles. The fraction of sp³-hybridized carbons (Fsp3) is 0.0667. The highest BCUT2D eigenvalue weighted by Gasteiger charge is 2.34. The first kappa shape index (κ1) is 14.9. The number of allylic oxidation sites excluding steroid dienone is 1. The molecule has 5 heteroatoms. The third kappa shape index (κ3) is 3.78. The summed E-state index contributed by atoms with van der Waals surface area (Å²) in [6.07, 6.45) is -3.45. The largest absolute Gasteiger partial charge is 0.417 e. The summed E-state index contributed by atoms with van der Waals surface area (Å²) in [4.78, 5) is 0. The molecule has 2 aromatic rings. The van der Waals surface area contributed by atoms with Crippen LogP contribution in [-0.4, -0.2) is 6.18 Å². The van der Waals surface area contributed by atoms with Crippen molar-refractivity contribution in [1.82, 2.24) is 0 Å². The van der Waals surface area contributed by atoms with Crippen LogP contribution in [0.3, 0.4) is 0 Å². The molecule has 0 spiro atoms. The smallest absolute Gasteiger partial charge is 0.166 e. The Balaban J connectivity index is 2.57. The highest BCUT2D eigenvalue weighted by atomic mass is 35.5. The van der Waals surface area contributed by atoms with Crippen LogP contribution in [0.2, 0.25) is 10.0 Å². The minimum Gasteiger partial charge on any atom is -0.166 e. The van der Waals surface area contributed by atoms with Gasteiger partial charge in [0.25, 0.3) is 0 Å². The highest BCUT2D eigenvalue weighted by molar-refractivity contribution is 6.34. The van der Waals surface area contributed by atoms with Crippen molar-refractivity contribution in [2.45, 2.75) is 6.18 Å². The van der Waals surface area contributed by atoms with Gasteiger partial charge in [-0.15, -0.1) is 0 Å². The Hall–Kier alpha value is -1.45. The monoisotopic (exact) mass is 315 g/mol. The Labute approximate surface area is 124 Å². The molecule has 0 atom stereocenters. The number of hydrogen-bond acceptors (Lipinski definition) is 0. The molecule has 0 amide bonds. The van der Waals surface area contributed by atoms with Crippen LogP contribution >= 0.6 is 23.2 Å². The average molecular weight is 316 g/mol. The Morgan fingerprint density at radius 2 is 1.55 bits per heavy atom. The lowest BCUT2D eigenvalue weighted by atomic mass is 10.0. The van der Waals surface area contributed by atoms with E-state index in [9.17, 15) is 13.2 Å². The lowest BCUT2D eigenvalue weighted by Gasteiger charge is -2.13. The molecule has 0 N–H and O–H groups in total. The second-order valence-corrected chi connectivity index (χ2v) is 4.92. The molecule has 20 heavy (non-hydrogen) atoms. The summed E-state index contributed by atoms with van der Waals surface area (Å²) >= 11 is 11.5. The Morgan fingerprint density at radius 3 is 2.05 bits per heavy atom. The van der Waals surface area contributed by atoms with Crippen LogP contribution in [0, 0.1) is 6.07 Å². The SMILES string of the molecule is FC(F)(F)C(=Cc1cc[c]cc1)c1cc(Cl)cc(Cl)c1. The number of hydrogen-bond donors (Lipinski definition) is 0. The molecule has 0 saturated carbocycles. The normalized spacial score (nSPS) is 12.6. The highest BCUT2D eigenvalue weighted by Crippen LogP contribution is 2.37. The molecule has 2 aromatic carbocycles. The van der Waals surface area contributed by atoms with Crippen molar-refractivity contribution in [3.63, 3.8) is 0 Å². The predicted molar refractivity (Wildman–Crippen MR) is 75.7 cm³/mol. The van der Waals surface area contributed by atoms with Crippen molar-refractivity contribution in [1.29, 1.82) is 0 Å². The van der Waals surface area contributed by atoms with Crippen molar-refractivity contribution in [3.8, 4) is 0 Å². The summed E-state index contributed by atoms with van der Waals surface area (Å²) in [5.74, 6) is 0. The van der Waals surface area contributed by atoms with Gasteiger partial charge < -0.3 is 0 Å². The van der Waals surface area contributed by atoms with Gasteiger partial charge in [-0.3, -0.25) is 0 Å². The van der Waals surface area contributed by atoms with Gasteiger partial charge in [-0.2, -0.15) is 13.2 Å². The maximum atomic E-state index is 13.2. The summed E-state index contributed by atoms with van der Waals surface area (Å²) in [7, 11) is 0. The van der Waals surface area contributed by atoms with E-state index >= 15 is 0 Å². The summed E-state index contributed by atoms with van der Waals surface area (Å²) < 4.78 is 39.6.